The highest BCUT2D eigenvalue weighted by Crippen LogP contribution is 2.49. The van der Waals surface area contributed by atoms with Gasteiger partial charge in [-0.3, -0.25) is 0 Å². The zero-order valence-corrected chi connectivity index (χ0v) is 20.1. The van der Waals surface area contributed by atoms with Gasteiger partial charge in [0.25, 0.3) is 0 Å². The van der Waals surface area contributed by atoms with Crippen molar-refractivity contribution in [3.05, 3.63) is 60.7 Å². The Kier molecular flexibility index (Phi) is 7.46. The number of hydrogen-bond donors (Lipinski definition) is 0. The molecule has 0 amide bonds. The number of benzene rings is 2. The number of ether oxygens (including phenoxy) is 4. The largest absolute Gasteiger partial charge is 0.343 e. The quantitative estimate of drug-likeness (QED) is 0.470. The van der Waals surface area contributed by atoms with Crippen LogP contribution in [0.4, 0.5) is 0 Å². The summed E-state index contributed by atoms with van der Waals surface area (Å²) in [6.07, 6.45) is 6.17. The van der Waals surface area contributed by atoms with Crippen molar-refractivity contribution >= 4 is 23.5 Å². The zero-order chi connectivity index (χ0) is 21.7. The second-order valence-corrected chi connectivity index (χ2v) is 10.9. The van der Waals surface area contributed by atoms with Crippen LogP contribution in [0.25, 0.3) is 0 Å². The van der Waals surface area contributed by atoms with Crippen LogP contribution in [-0.4, -0.2) is 48.5 Å². The van der Waals surface area contributed by atoms with Gasteiger partial charge in [-0.2, -0.15) is 0 Å². The molecule has 2 aromatic rings. The first kappa shape index (κ1) is 22.8. The van der Waals surface area contributed by atoms with E-state index in [4.69, 9.17) is 18.9 Å². The second kappa shape index (κ2) is 10.5. The summed E-state index contributed by atoms with van der Waals surface area (Å²) < 4.78 is 26.3. The molecule has 32 heavy (non-hydrogen) atoms. The van der Waals surface area contributed by atoms with Crippen LogP contribution >= 0.6 is 23.5 Å². The fourth-order valence-electron chi connectivity index (χ4n) is 4.95. The SMILES string of the molecule is c1ccc(SC[C@H]2CCC[C@]3(OCCO[C@@]34CCC[C@H](CSc3ccccc3)O4)O2)cc1. The molecule has 0 aliphatic carbocycles. The van der Waals surface area contributed by atoms with Crippen molar-refractivity contribution in [1.82, 2.24) is 0 Å². The van der Waals surface area contributed by atoms with Gasteiger partial charge in [0.1, 0.15) is 0 Å². The van der Waals surface area contributed by atoms with Gasteiger partial charge in [-0.15, -0.1) is 23.5 Å². The first-order chi connectivity index (χ1) is 15.8. The van der Waals surface area contributed by atoms with Crippen LogP contribution < -0.4 is 0 Å². The predicted molar refractivity (Wildman–Crippen MR) is 129 cm³/mol. The minimum atomic E-state index is -0.790. The Morgan fingerprint density at radius 3 is 1.53 bits per heavy atom. The standard InChI is InChI=1S/C26H32O4S2/c1-3-11-23(12-4-1)31-19-21-9-7-15-25(29-21)26(28-18-17-27-25)16-8-10-22(30-26)20-32-24-13-5-2-6-14-24/h1-6,11-14,21-22H,7-10,15-20H2/t21-,22-,25-,26+/m1/s1. The Morgan fingerprint density at radius 1 is 0.656 bits per heavy atom. The molecule has 3 aliphatic rings. The molecular formula is C26H32O4S2. The number of rotatable bonds is 6. The molecule has 0 bridgehead atoms. The summed E-state index contributed by atoms with van der Waals surface area (Å²) in [5.41, 5.74) is 0. The molecule has 3 saturated heterocycles. The zero-order valence-electron chi connectivity index (χ0n) is 18.4. The van der Waals surface area contributed by atoms with Crippen molar-refractivity contribution in [2.75, 3.05) is 24.7 Å². The number of hydrogen-bond acceptors (Lipinski definition) is 6. The van der Waals surface area contributed by atoms with Gasteiger partial charge >= 0.3 is 0 Å². The van der Waals surface area contributed by atoms with Crippen molar-refractivity contribution in [3.8, 4) is 0 Å². The lowest BCUT2D eigenvalue weighted by Crippen LogP contribution is -2.68. The summed E-state index contributed by atoms with van der Waals surface area (Å²) in [5.74, 6) is 0.250. The molecule has 0 aromatic heterocycles. The molecule has 172 valence electrons. The van der Waals surface area contributed by atoms with E-state index < -0.39 is 11.6 Å². The average Bonchev–Trinajstić information content (AvgIpc) is 2.85. The molecule has 3 fully saturated rings. The van der Waals surface area contributed by atoms with Crippen molar-refractivity contribution in [2.45, 2.75) is 72.1 Å². The molecule has 6 heteroatoms. The summed E-state index contributed by atoms with van der Waals surface area (Å²) in [5, 5.41) is 0. The Labute approximate surface area is 199 Å². The van der Waals surface area contributed by atoms with Gasteiger partial charge in [-0.05, 0) is 49.9 Å². The van der Waals surface area contributed by atoms with Crippen molar-refractivity contribution < 1.29 is 18.9 Å². The molecule has 0 saturated carbocycles. The molecule has 2 aromatic carbocycles. The lowest BCUT2D eigenvalue weighted by Gasteiger charge is -2.56. The Morgan fingerprint density at radius 2 is 1.09 bits per heavy atom. The Hall–Kier alpha value is -1.02. The molecule has 2 spiro atoms. The van der Waals surface area contributed by atoms with E-state index in [9.17, 15) is 0 Å². The monoisotopic (exact) mass is 472 g/mol. The summed E-state index contributed by atoms with van der Waals surface area (Å²) in [6, 6.07) is 21.1. The van der Waals surface area contributed by atoms with E-state index in [2.05, 4.69) is 60.7 Å². The molecule has 4 atom stereocenters. The molecular weight excluding hydrogens is 440 g/mol. The summed E-state index contributed by atoms with van der Waals surface area (Å²) in [6.45, 7) is 1.13. The smallest absolute Gasteiger partial charge is 0.224 e. The minimum absolute atomic E-state index is 0.134. The van der Waals surface area contributed by atoms with Gasteiger partial charge in [-0.25, -0.2) is 0 Å². The van der Waals surface area contributed by atoms with Gasteiger partial charge in [-0.1, -0.05) is 36.4 Å². The first-order valence-electron chi connectivity index (χ1n) is 11.8. The predicted octanol–water partition coefficient (Wildman–Crippen LogP) is 6.15. The highest BCUT2D eigenvalue weighted by atomic mass is 32.2. The van der Waals surface area contributed by atoms with Gasteiger partial charge < -0.3 is 18.9 Å². The van der Waals surface area contributed by atoms with E-state index in [0.717, 1.165) is 50.0 Å². The van der Waals surface area contributed by atoms with Gasteiger partial charge in [0.15, 0.2) is 0 Å². The Bertz CT molecular complexity index is 772. The van der Waals surface area contributed by atoms with Crippen LogP contribution in [0.2, 0.25) is 0 Å². The average molecular weight is 473 g/mol. The normalized spacial score (nSPS) is 32.9. The highest BCUT2D eigenvalue weighted by molar-refractivity contribution is 7.99. The lowest BCUT2D eigenvalue weighted by atomic mass is 9.87. The third-order valence-corrected chi connectivity index (χ3v) is 8.76. The van der Waals surface area contributed by atoms with Crippen molar-refractivity contribution in [2.24, 2.45) is 0 Å². The van der Waals surface area contributed by atoms with E-state index in [1.54, 1.807) is 0 Å². The number of thioether (sulfide) groups is 2. The topological polar surface area (TPSA) is 36.9 Å². The van der Waals surface area contributed by atoms with Crippen LogP contribution in [0, 0.1) is 0 Å². The summed E-state index contributed by atoms with van der Waals surface area (Å²) in [7, 11) is 0. The molecule has 0 N–H and O–H groups in total. The van der Waals surface area contributed by atoms with E-state index in [-0.39, 0.29) is 12.2 Å². The van der Waals surface area contributed by atoms with Crippen molar-refractivity contribution in [1.29, 1.82) is 0 Å². The van der Waals surface area contributed by atoms with Gasteiger partial charge in [0.2, 0.25) is 11.6 Å². The fraction of sp³-hybridized carbons (Fsp3) is 0.538. The van der Waals surface area contributed by atoms with E-state index in [1.165, 1.54) is 9.79 Å². The summed E-state index contributed by atoms with van der Waals surface area (Å²) in [4.78, 5) is 2.55. The minimum Gasteiger partial charge on any atom is -0.343 e. The fourth-order valence-corrected chi connectivity index (χ4v) is 6.88. The van der Waals surface area contributed by atoms with Gasteiger partial charge in [0, 0.05) is 34.1 Å². The number of fused-ring (bicyclic) bond motifs is 1. The van der Waals surface area contributed by atoms with E-state index >= 15 is 0 Å². The molecule has 3 heterocycles. The maximum Gasteiger partial charge on any atom is 0.224 e. The van der Waals surface area contributed by atoms with Crippen LogP contribution in [0.1, 0.15) is 38.5 Å². The van der Waals surface area contributed by atoms with Crippen LogP contribution in [-0.2, 0) is 18.9 Å². The molecule has 3 aliphatic heterocycles. The molecule has 4 nitrogen and oxygen atoms in total. The van der Waals surface area contributed by atoms with Crippen LogP contribution in [0.5, 0.6) is 0 Å². The van der Waals surface area contributed by atoms with E-state index in [1.807, 2.05) is 23.5 Å². The molecule has 5 rings (SSSR count). The third kappa shape index (κ3) is 5.06. The second-order valence-electron chi connectivity index (χ2n) is 8.72. The van der Waals surface area contributed by atoms with Gasteiger partial charge in [0.05, 0.1) is 25.4 Å². The first-order valence-corrected chi connectivity index (χ1v) is 13.7. The molecule has 0 radical (unpaired) electrons. The lowest BCUT2D eigenvalue weighted by molar-refractivity contribution is -0.466. The summed E-state index contributed by atoms with van der Waals surface area (Å²) >= 11 is 3.70. The highest BCUT2D eigenvalue weighted by Gasteiger charge is 2.61. The maximum atomic E-state index is 6.74. The van der Waals surface area contributed by atoms with Crippen molar-refractivity contribution in [3.63, 3.8) is 0 Å². The van der Waals surface area contributed by atoms with Crippen LogP contribution in [0.3, 0.4) is 0 Å². The van der Waals surface area contributed by atoms with E-state index in [0.29, 0.717) is 13.2 Å². The maximum absolute atomic E-state index is 6.74. The van der Waals surface area contributed by atoms with Crippen LogP contribution in [0.15, 0.2) is 70.5 Å². The molecule has 0 unspecified atom stereocenters. The third-order valence-electron chi connectivity index (χ3n) is 6.47. The Balaban J connectivity index is 1.26.